The van der Waals surface area contributed by atoms with Gasteiger partial charge in [0.15, 0.2) is 0 Å². The Labute approximate surface area is 118 Å². The van der Waals surface area contributed by atoms with E-state index in [4.69, 9.17) is 4.74 Å². The highest BCUT2D eigenvalue weighted by molar-refractivity contribution is 7.10. The van der Waals surface area contributed by atoms with E-state index >= 15 is 0 Å². The quantitative estimate of drug-likeness (QED) is 0.903. The third-order valence-electron chi connectivity index (χ3n) is 3.79. The molecule has 1 aliphatic rings. The van der Waals surface area contributed by atoms with Gasteiger partial charge in [-0.3, -0.25) is 0 Å². The summed E-state index contributed by atoms with van der Waals surface area (Å²) in [4.78, 5) is 1.30. The first kappa shape index (κ1) is 12.9. The number of hydrogen-bond donors (Lipinski definition) is 1. The number of nitrogens with one attached hydrogen (secondary N) is 1. The highest BCUT2D eigenvalue weighted by Gasteiger charge is 2.21. The van der Waals surface area contributed by atoms with Crippen molar-refractivity contribution < 1.29 is 4.74 Å². The average molecular weight is 273 g/mol. The van der Waals surface area contributed by atoms with E-state index in [1.165, 1.54) is 16.0 Å². The molecular weight excluding hydrogens is 254 g/mol. The van der Waals surface area contributed by atoms with Gasteiger partial charge in [-0.15, -0.1) is 11.3 Å². The van der Waals surface area contributed by atoms with E-state index in [0.29, 0.717) is 6.04 Å². The zero-order valence-electron chi connectivity index (χ0n) is 11.1. The summed E-state index contributed by atoms with van der Waals surface area (Å²) < 4.78 is 5.58. The fourth-order valence-electron chi connectivity index (χ4n) is 2.75. The van der Waals surface area contributed by atoms with Gasteiger partial charge in [-0.25, -0.2) is 0 Å². The van der Waals surface area contributed by atoms with Crippen molar-refractivity contribution in [2.24, 2.45) is 0 Å². The molecule has 0 radical (unpaired) electrons. The van der Waals surface area contributed by atoms with Gasteiger partial charge in [0.1, 0.15) is 6.10 Å². The second-order valence-electron chi connectivity index (χ2n) is 5.02. The van der Waals surface area contributed by atoms with E-state index < -0.39 is 0 Å². The monoisotopic (exact) mass is 273 g/mol. The highest BCUT2D eigenvalue weighted by Crippen LogP contribution is 2.24. The smallest absolute Gasteiger partial charge is 0.104 e. The van der Waals surface area contributed by atoms with Gasteiger partial charge in [0.05, 0.1) is 0 Å². The van der Waals surface area contributed by atoms with E-state index in [-0.39, 0.29) is 6.10 Å². The molecule has 0 fully saturated rings. The van der Waals surface area contributed by atoms with Crippen LogP contribution in [0, 0.1) is 0 Å². The maximum Gasteiger partial charge on any atom is 0.104 e. The highest BCUT2D eigenvalue weighted by atomic mass is 32.1. The van der Waals surface area contributed by atoms with Crippen molar-refractivity contribution in [3.05, 3.63) is 57.8 Å². The van der Waals surface area contributed by atoms with Crippen LogP contribution in [-0.4, -0.2) is 19.7 Å². The first-order valence-corrected chi connectivity index (χ1v) is 7.61. The summed E-state index contributed by atoms with van der Waals surface area (Å²) in [6.07, 6.45) is 2.44. The number of hydrogen-bond acceptors (Lipinski definition) is 3. The molecule has 1 aromatic carbocycles. The predicted molar refractivity (Wildman–Crippen MR) is 79.7 cm³/mol. The lowest BCUT2D eigenvalue weighted by atomic mass is 10.1. The molecule has 1 aliphatic carbocycles. The zero-order chi connectivity index (χ0) is 13.1. The Bertz CT molecular complexity index is 498. The molecule has 0 saturated carbocycles. The Morgan fingerprint density at radius 2 is 1.95 bits per heavy atom. The number of rotatable bonds is 5. The number of methoxy groups -OCH3 is 1. The number of benzene rings is 1. The minimum Gasteiger partial charge on any atom is -0.375 e. The lowest BCUT2D eigenvalue weighted by Crippen LogP contribution is -2.33. The molecule has 19 heavy (non-hydrogen) atoms. The molecule has 1 N–H and O–H groups in total. The molecule has 2 nitrogen and oxygen atoms in total. The Balaban J connectivity index is 1.56. The fourth-order valence-corrected chi connectivity index (χ4v) is 3.55. The number of ether oxygens (including phenoxy) is 1. The third-order valence-corrected chi connectivity index (χ3v) is 4.75. The van der Waals surface area contributed by atoms with Gasteiger partial charge in [0.25, 0.3) is 0 Å². The SMILES string of the molecule is CO[C@@H](CNC1Cc2ccccc2C1)c1cccs1. The normalized spacial score (nSPS) is 16.5. The molecule has 0 unspecified atom stereocenters. The molecule has 1 atom stereocenters. The van der Waals surface area contributed by atoms with Crippen LogP contribution in [0.4, 0.5) is 0 Å². The summed E-state index contributed by atoms with van der Waals surface area (Å²) >= 11 is 1.76. The van der Waals surface area contributed by atoms with E-state index in [1.807, 2.05) is 0 Å². The van der Waals surface area contributed by atoms with Crippen LogP contribution in [0.5, 0.6) is 0 Å². The van der Waals surface area contributed by atoms with Gasteiger partial charge in [0, 0.05) is 24.6 Å². The largest absolute Gasteiger partial charge is 0.375 e. The molecule has 0 saturated heterocycles. The summed E-state index contributed by atoms with van der Waals surface area (Å²) in [6, 6.07) is 13.5. The minimum absolute atomic E-state index is 0.170. The molecule has 0 spiro atoms. The van der Waals surface area contributed by atoms with E-state index in [0.717, 1.165) is 19.4 Å². The summed E-state index contributed by atoms with van der Waals surface area (Å²) in [5.74, 6) is 0. The molecule has 100 valence electrons. The first-order valence-electron chi connectivity index (χ1n) is 6.73. The molecular formula is C16H19NOS. The number of fused-ring (bicyclic) bond motifs is 1. The molecule has 0 amide bonds. The van der Waals surface area contributed by atoms with Crippen LogP contribution >= 0.6 is 11.3 Å². The van der Waals surface area contributed by atoms with Crippen molar-refractivity contribution in [1.82, 2.24) is 5.32 Å². The predicted octanol–water partition coefficient (Wildman–Crippen LogP) is 3.19. The molecule has 0 aliphatic heterocycles. The number of thiophene rings is 1. The van der Waals surface area contributed by atoms with Crippen LogP contribution in [0.1, 0.15) is 22.1 Å². The molecule has 0 bridgehead atoms. The van der Waals surface area contributed by atoms with Crippen LogP contribution in [0.15, 0.2) is 41.8 Å². The van der Waals surface area contributed by atoms with Gasteiger partial charge in [-0.05, 0) is 35.4 Å². The van der Waals surface area contributed by atoms with Gasteiger partial charge in [-0.1, -0.05) is 30.3 Å². The van der Waals surface area contributed by atoms with Crippen molar-refractivity contribution >= 4 is 11.3 Å². The fraction of sp³-hybridized carbons (Fsp3) is 0.375. The standard InChI is InChI=1S/C16H19NOS/c1-18-15(16-7-4-8-19-16)11-17-14-9-12-5-2-3-6-13(12)10-14/h2-8,14-15,17H,9-11H2,1H3/t15-/m0/s1. The first-order chi connectivity index (χ1) is 9.36. The van der Waals surface area contributed by atoms with Gasteiger partial charge < -0.3 is 10.1 Å². The third kappa shape index (κ3) is 2.89. The molecule has 1 aromatic heterocycles. The lowest BCUT2D eigenvalue weighted by molar-refractivity contribution is 0.102. The van der Waals surface area contributed by atoms with Crippen LogP contribution in [0.25, 0.3) is 0 Å². The Morgan fingerprint density at radius 3 is 2.53 bits per heavy atom. The van der Waals surface area contributed by atoms with Crippen LogP contribution in [-0.2, 0) is 17.6 Å². The molecule has 2 aromatic rings. The van der Waals surface area contributed by atoms with Gasteiger partial charge in [-0.2, -0.15) is 0 Å². The van der Waals surface area contributed by atoms with E-state index in [1.54, 1.807) is 18.4 Å². The lowest BCUT2D eigenvalue weighted by Gasteiger charge is -2.18. The van der Waals surface area contributed by atoms with Crippen LogP contribution < -0.4 is 5.32 Å². The second kappa shape index (κ2) is 5.87. The van der Waals surface area contributed by atoms with Crippen molar-refractivity contribution in [3.8, 4) is 0 Å². The van der Waals surface area contributed by atoms with Crippen LogP contribution in [0.2, 0.25) is 0 Å². The molecule has 3 heteroatoms. The van der Waals surface area contributed by atoms with Crippen molar-refractivity contribution in [2.75, 3.05) is 13.7 Å². The van der Waals surface area contributed by atoms with E-state index in [2.05, 4.69) is 47.1 Å². The Kier molecular flexibility index (Phi) is 3.97. The minimum atomic E-state index is 0.170. The summed E-state index contributed by atoms with van der Waals surface area (Å²) in [5.41, 5.74) is 2.98. The van der Waals surface area contributed by atoms with Crippen molar-refractivity contribution in [2.45, 2.75) is 25.0 Å². The van der Waals surface area contributed by atoms with Gasteiger partial charge in [0.2, 0.25) is 0 Å². The zero-order valence-corrected chi connectivity index (χ0v) is 12.0. The summed E-state index contributed by atoms with van der Waals surface area (Å²) in [5, 5.41) is 5.75. The van der Waals surface area contributed by atoms with Crippen LogP contribution in [0.3, 0.4) is 0 Å². The van der Waals surface area contributed by atoms with Crippen molar-refractivity contribution in [1.29, 1.82) is 0 Å². The average Bonchev–Trinajstić information content (AvgIpc) is 3.08. The Morgan fingerprint density at radius 1 is 1.21 bits per heavy atom. The second-order valence-corrected chi connectivity index (χ2v) is 6.00. The summed E-state index contributed by atoms with van der Waals surface area (Å²) in [7, 11) is 1.79. The van der Waals surface area contributed by atoms with Crippen molar-refractivity contribution in [3.63, 3.8) is 0 Å². The molecule has 1 heterocycles. The topological polar surface area (TPSA) is 21.3 Å². The summed E-state index contributed by atoms with van der Waals surface area (Å²) in [6.45, 7) is 0.885. The molecule has 3 rings (SSSR count). The Hall–Kier alpha value is -1.16. The maximum atomic E-state index is 5.58. The maximum absolute atomic E-state index is 5.58. The van der Waals surface area contributed by atoms with Gasteiger partial charge >= 0.3 is 0 Å². The van der Waals surface area contributed by atoms with E-state index in [9.17, 15) is 0 Å².